The number of rotatable bonds is 9. The highest BCUT2D eigenvalue weighted by molar-refractivity contribution is 5.94. The van der Waals surface area contributed by atoms with Crippen molar-refractivity contribution in [2.24, 2.45) is 0 Å². The highest BCUT2D eigenvalue weighted by Gasteiger charge is 2.41. The normalized spacial score (nSPS) is 19.4. The molecule has 1 fully saturated rings. The summed E-state index contributed by atoms with van der Waals surface area (Å²) in [4.78, 5) is 24.6. The number of anilines is 3. The molecule has 2 aromatic heterocycles. The van der Waals surface area contributed by atoms with E-state index in [-0.39, 0.29) is 35.9 Å². The Morgan fingerprint density at radius 1 is 1.25 bits per heavy atom. The molecule has 0 spiro atoms. The molecule has 36 heavy (non-hydrogen) atoms. The molecule has 4 atom stereocenters. The zero-order chi connectivity index (χ0) is 26.0. The molecule has 5 N–H and O–H groups in total. The van der Waals surface area contributed by atoms with Gasteiger partial charge in [-0.1, -0.05) is 6.07 Å². The SMILES string of the molecule is C[C@@H](NC(=O)c1ccc2c(n1)N(C(O)Nc1cccc(OC[C@H](O)CO)n1)[C@H]1CCN2C1)C(F)(F)F. The van der Waals surface area contributed by atoms with Crippen molar-refractivity contribution in [2.45, 2.75) is 44.1 Å². The third-order valence-electron chi connectivity index (χ3n) is 5.97. The average molecular weight is 512 g/mol. The van der Waals surface area contributed by atoms with Crippen molar-refractivity contribution >= 4 is 23.2 Å². The van der Waals surface area contributed by atoms with Gasteiger partial charge in [0, 0.05) is 19.2 Å². The minimum Gasteiger partial charge on any atom is -0.475 e. The summed E-state index contributed by atoms with van der Waals surface area (Å²) in [5.74, 6) is -0.320. The number of aliphatic hydroxyl groups excluding tert-OH is 3. The van der Waals surface area contributed by atoms with E-state index in [4.69, 9.17) is 9.84 Å². The predicted molar refractivity (Wildman–Crippen MR) is 123 cm³/mol. The number of ether oxygens (including phenoxy) is 1. The van der Waals surface area contributed by atoms with Crippen LogP contribution in [0.25, 0.3) is 0 Å². The standard InChI is InChI=1S/C22H27F3N6O5/c1-12(22(23,24)25)26-20(34)15-5-6-16-19(27-15)31(13-7-8-30(16)9-13)21(35)29-17-3-2-4-18(28-17)36-11-14(33)10-32/h2-6,12-14,21,32-33,35H,7-11H2,1H3,(H,26,34)(H,28,29)/t12-,13+,14-,21?/m1/s1. The second kappa shape index (κ2) is 10.3. The van der Waals surface area contributed by atoms with Crippen molar-refractivity contribution in [1.29, 1.82) is 0 Å². The second-order valence-electron chi connectivity index (χ2n) is 8.60. The fraction of sp³-hybridized carbons (Fsp3) is 0.500. The van der Waals surface area contributed by atoms with E-state index in [0.717, 1.165) is 6.92 Å². The summed E-state index contributed by atoms with van der Waals surface area (Å²) in [6.45, 7) is 1.49. The Morgan fingerprint density at radius 3 is 2.75 bits per heavy atom. The van der Waals surface area contributed by atoms with E-state index in [1.807, 2.05) is 10.2 Å². The van der Waals surface area contributed by atoms with Gasteiger partial charge < -0.3 is 40.5 Å². The molecule has 2 bridgehead atoms. The Morgan fingerprint density at radius 2 is 2.03 bits per heavy atom. The van der Waals surface area contributed by atoms with E-state index in [1.54, 1.807) is 29.2 Å². The fourth-order valence-electron chi connectivity index (χ4n) is 4.04. The van der Waals surface area contributed by atoms with E-state index >= 15 is 0 Å². The molecule has 4 heterocycles. The number of aliphatic hydroxyl groups is 3. The molecular weight excluding hydrogens is 485 g/mol. The van der Waals surface area contributed by atoms with Gasteiger partial charge in [-0.05, 0) is 31.5 Å². The summed E-state index contributed by atoms with van der Waals surface area (Å²) in [6, 6.07) is 5.49. The number of halogens is 3. The summed E-state index contributed by atoms with van der Waals surface area (Å²) in [6.07, 6.45) is -6.31. The number of pyridine rings is 2. The summed E-state index contributed by atoms with van der Waals surface area (Å²) in [5.41, 5.74) is 0.438. The molecule has 11 nitrogen and oxygen atoms in total. The maximum atomic E-state index is 12.9. The van der Waals surface area contributed by atoms with E-state index in [2.05, 4.69) is 15.3 Å². The van der Waals surface area contributed by atoms with Gasteiger partial charge in [-0.2, -0.15) is 18.2 Å². The second-order valence-corrected chi connectivity index (χ2v) is 8.60. The van der Waals surface area contributed by atoms with Crippen LogP contribution in [-0.4, -0.2) is 88.2 Å². The van der Waals surface area contributed by atoms with Gasteiger partial charge in [0.25, 0.3) is 5.91 Å². The predicted octanol–water partition coefficient (Wildman–Crippen LogP) is 0.676. The Labute approximate surface area is 204 Å². The fourth-order valence-corrected chi connectivity index (χ4v) is 4.04. The molecule has 4 rings (SSSR count). The number of nitrogens with zero attached hydrogens (tertiary/aromatic N) is 4. The van der Waals surface area contributed by atoms with Crippen LogP contribution >= 0.6 is 0 Å². The third-order valence-corrected chi connectivity index (χ3v) is 5.97. The van der Waals surface area contributed by atoms with Crippen molar-refractivity contribution in [3.8, 4) is 5.88 Å². The first-order valence-corrected chi connectivity index (χ1v) is 11.3. The highest BCUT2D eigenvalue weighted by Crippen LogP contribution is 2.39. The smallest absolute Gasteiger partial charge is 0.408 e. The molecular formula is C22H27F3N6O5. The minimum atomic E-state index is -4.59. The molecule has 14 heteroatoms. The number of carbonyl (C=O) groups is 1. The van der Waals surface area contributed by atoms with Crippen LogP contribution < -0.4 is 25.2 Å². The summed E-state index contributed by atoms with van der Waals surface area (Å²) in [7, 11) is 0. The monoisotopic (exact) mass is 512 g/mol. The Bertz CT molecular complexity index is 1090. The topological polar surface area (TPSA) is 143 Å². The molecule has 2 aliphatic heterocycles. The molecule has 2 aliphatic rings. The largest absolute Gasteiger partial charge is 0.475 e. The molecule has 0 saturated carbocycles. The van der Waals surface area contributed by atoms with Gasteiger partial charge in [0.15, 0.2) is 5.82 Å². The summed E-state index contributed by atoms with van der Waals surface area (Å²) in [5, 5.41) is 34.2. The number of nitrogens with one attached hydrogen (secondary N) is 2. The van der Waals surface area contributed by atoms with Gasteiger partial charge in [-0.15, -0.1) is 0 Å². The van der Waals surface area contributed by atoms with Gasteiger partial charge in [0.2, 0.25) is 12.2 Å². The Balaban J connectivity index is 1.54. The highest BCUT2D eigenvalue weighted by atomic mass is 19.4. The number of carbonyl (C=O) groups excluding carboxylic acids is 1. The molecule has 1 amide bonds. The average Bonchev–Trinajstić information content (AvgIpc) is 3.25. The molecule has 2 aromatic rings. The molecule has 1 unspecified atom stereocenters. The van der Waals surface area contributed by atoms with Gasteiger partial charge in [-0.3, -0.25) is 4.79 Å². The van der Waals surface area contributed by atoms with Crippen molar-refractivity contribution in [3.05, 3.63) is 36.0 Å². The Kier molecular flexibility index (Phi) is 7.38. The first-order chi connectivity index (χ1) is 17.1. The number of amides is 1. The van der Waals surface area contributed by atoms with E-state index in [1.165, 1.54) is 6.07 Å². The van der Waals surface area contributed by atoms with Crippen molar-refractivity contribution in [2.75, 3.05) is 41.4 Å². The lowest BCUT2D eigenvalue weighted by Gasteiger charge is -2.40. The number of hydrogen-bond donors (Lipinski definition) is 5. The first-order valence-electron chi connectivity index (χ1n) is 11.3. The lowest BCUT2D eigenvalue weighted by molar-refractivity contribution is -0.149. The van der Waals surface area contributed by atoms with Crippen LogP contribution in [0.2, 0.25) is 0 Å². The van der Waals surface area contributed by atoms with Gasteiger partial charge in [0.1, 0.15) is 30.3 Å². The van der Waals surface area contributed by atoms with Crippen LogP contribution in [-0.2, 0) is 0 Å². The lowest BCUT2D eigenvalue weighted by atomic mass is 10.1. The van der Waals surface area contributed by atoms with Crippen LogP contribution in [0.3, 0.4) is 0 Å². The van der Waals surface area contributed by atoms with Crippen molar-refractivity contribution in [3.63, 3.8) is 0 Å². The van der Waals surface area contributed by atoms with Crippen LogP contribution in [0, 0.1) is 0 Å². The number of fused-ring (bicyclic) bond motifs is 4. The number of aromatic nitrogens is 2. The molecule has 0 radical (unpaired) electrons. The zero-order valence-corrected chi connectivity index (χ0v) is 19.3. The first kappa shape index (κ1) is 25.7. The van der Waals surface area contributed by atoms with Crippen LogP contribution in [0.1, 0.15) is 23.8 Å². The van der Waals surface area contributed by atoms with Crippen LogP contribution in [0.15, 0.2) is 30.3 Å². The number of alkyl halides is 3. The van der Waals surface area contributed by atoms with Crippen molar-refractivity contribution < 1.29 is 38.0 Å². The van der Waals surface area contributed by atoms with Crippen LogP contribution in [0.5, 0.6) is 5.88 Å². The molecule has 1 saturated heterocycles. The number of hydrogen-bond acceptors (Lipinski definition) is 10. The van der Waals surface area contributed by atoms with E-state index in [9.17, 15) is 28.2 Å². The summed E-state index contributed by atoms with van der Waals surface area (Å²) < 4.78 is 44.0. The maximum Gasteiger partial charge on any atom is 0.408 e. The van der Waals surface area contributed by atoms with Crippen LogP contribution in [0.4, 0.5) is 30.5 Å². The molecule has 196 valence electrons. The van der Waals surface area contributed by atoms with E-state index in [0.29, 0.717) is 25.2 Å². The van der Waals surface area contributed by atoms with Gasteiger partial charge in [0.05, 0.1) is 18.3 Å². The van der Waals surface area contributed by atoms with E-state index < -0.39 is 37.2 Å². The van der Waals surface area contributed by atoms with Gasteiger partial charge >= 0.3 is 6.18 Å². The summed E-state index contributed by atoms with van der Waals surface area (Å²) >= 11 is 0. The quantitative estimate of drug-likeness (QED) is 0.304. The zero-order valence-electron chi connectivity index (χ0n) is 19.3. The molecule has 0 aliphatic carbocycles. The van der Waals surface area contributed by atoms with Gasteiger partial charge in [-0.25, -0.2) is 4.98 Å². The van der Waals surface area contributed by atoms with Crippen molar-refractivity contribution in [1.82, 2.24) is 15.3 Å². The maximum absolute atomic E-state index is 12.9. The Hall–Kier alpha value is -3.36. The minimum absolute atomic E-state index is 0.154. The third kappa shape index (κ3) is 5.55. The molecule has 0 aromatic carbocycles. The lowest BCUT2D eigenvalue weighted by Crippen LogP contribution is -2.52.